The van der Waals surface area contributed by atoms with Crippen LogP contribution in [0.5, 0.6) is 0 Å². The Morgan fingerprint density at radius 2 is 2.14 bits per heavy atom. The van der Waals surface area contributed by atoms with Gasteiger partial charge < -0.3 is 9.51 Å². The summed E-state index contributed by atoms with van der Waals surface area (Å²) in [4.78, 5) is 34.4. The molecule has 3 aromatic rings. The molecule has 0 fully saturated rings. The second-order valence-corrected chi connectivity index (χ2v) is 9.52. The van der Waals surface area contributed by atoms with Crippen molar-refractivity contribution in [3.8, 4) is 0 Å². The zero-order valence-electron chi connectivity index (χ0n) is 16.6. The molecule has 2 unspecified atom stereocenters. The van der Waals surface area contributed by atoms with Gasteiger partial charge in [0, 0.05) is 10.9 Å². The van der Waals surface area contributed by atoms with Crippen LogP contribution in [0.4, 0.5) is 5.88 Å². The Balaban J connectivity index is 1.80. The molecular formula is C19H24N4O3S2. The fourth-order valence-corrected chi connectivity index (χ4v) is 4.72. The Kier molecular flexibility index (Phi) is 6.24. The van der Waals surface area contributed by atoms with Crippen LogP contribution in [-0.4, -0.2) is 26.3 Å². The Hall–Kier alpha value is -2.13. The minimum atomic E-state index is -0.466. The Morgan fingerprint density at radius 3 is 2.79 bits per heavy atom. The van der Waals surface area contributed by atoms with Crippen molar-refractivity contribution in [1.29, 1.82) is 0 Å². The fraction of sp³-hybridized carbons (Fsp3) is 0.474. The number of aromatic nitrogens is 3. The van der Waals surface area contributed by atoms with Crippen molar-refractivity contribution in [2.24, 2.45) is 5.92 Å². The molecule has 0 aliphatic rings. The van der Waals surface area contributed by atoms with E-state index in [0.717, 1.165) is 28.1 Å². The summed E-state index contributed by atoms with van der Waals surface area (Å²) in [7, 11) is 0. The van der Waals surface area contributed by atoms with Gasteiger partial charge in [-0.05, 0) is 38.7 Å². The molecule has 2 atom stereocenters. The molecular weight excluding hydrogens is 396 g/mol. The Labute approximate surface area is 171 Å². The van der Waals surface area contributed by atoms with Crippen molar-refractivity contribution >= 4 is 45.1 Å². The number of anilines is 1. The highest BCUT2D eigenvalue weighted by atomic mass is 32.2. The van der Waals surface area contributed by atoms with Crippen LogP contribution < -0.4 is 10.9 Å². The largest absolute Gasteiger partial charge is 0.338 e. The Morgan fingerprint density at radius 1 is 1.39 bits per heavy atom. The van der Waals surface area contributed by atoms with Crippen molar-refractivity contribution in [3.05, 3.63) is 32.6 Å². The van der Waals surface area contributed by atoms with Crippen LogP contribution in [0.1, 0.15) is 43.3 Å². The lowest BCUT2D eigenvalue weighted by molar-refractivity contribution is -0.115. The minimum Gasteiger partial charge on any atom is -0.338 e. The molecule has 0 saturated carbocycles. The zero-order chi connectivity index (χ0) is 20.4. The van der Waals surface area contributed by atoms with Gasteiger partial charge in [0.25, 0.3) is 5.56 Å². The number of hydrogen-bond donors (Lipinski definition) is 2. The maximum Gasteiger partial charge on any atom is 0.260 e. The molecule has 150 valence electrons. The molecule has 0 spiro atoms. The van der Waals surface area contributed by atoms with Gasteiger partial charge in [0.05, 0.1) is 16.3 Å². The topological polar surface area (TPSA) is 101 Å². The maximum absolute atomic E-state index is 12.7. The van der Waals surface area contributed by atoms with Crippen molar-refractivity contribution in [3.63, 3.8) is 0 Å². The van der Waals surface area contributed by atoms with Crippen LogP contribution in [0.25, 0.3) is 10.2 Å². The minimum absolute atomic E-state index is 0.145. The Bertz CT molecular complexity index is 1050. The number of amides is 1. The number of aromatic amines is 1. The molecule has 3 heterocycles. The summed E-state index contributed by atoms with van der Waals surface area (Å²) < 4.78 is 5.01. The summed E-state index contributed by atoms with van der Waals surface area (Å²) in [6, 6.07) is 1.65. The highest BCUT2D eigenvalue weighted by Crippen LogP contribution is 2.31. The smallest absolute Gasteiger partial charge is 0.260 e. The van der Waals surface area contributed by atoms with Crippen molar-refractivity contribution in [1.82, 2.24) is 15.1 Å². The second-order valence-electron chi connectivity index (χ2n) is 6.99. The van der Waals surface area contributed by atoms with Crippen LogP contribution in [0, 0.1) is 19.8 Å². The van der Waals surface area contributed by atoms with Crippen LogP contribution in [0.2, 0.25) is 0 Å². The van der Waals surface area contributed by atoms with E-state index in [4.69, 9.17) is 4.52 Å². The predicted molar refractivity (Wildman–Crippen MR) is 113 cm³/mol. The molecule has 9 heteroatoms. The van der Waals surface area contributed by atoms with Gasteiger partial charge in [-0.3, -0.25) is 14.9 Å². The molecule has 7 nitrogen and oxygen atoms in total. The van der Waals surface area contributed by atoms with E-state index in [1.165, 1.54) is 23.1 Å². The molecule has 0 aliphatic heterocycles. The fourth-order valence-electron chi connectivity index (χ4n) is 2.82. The number of thiophene rings is 1. The van der Waals surface area contributed by atoms with Gasteiger partial charge in [0.1, 0.15) is 4.83 Å². The average Bonchev–Trinajstić information content (AvgIpc) is 3.17. The lowest BCUT2D eigenvalue weighted by atomic mass is 9.98. The predicted octanol–water partition coefficient (Wildman–Crippen LogP) is 4.30. The number of thioether (sulfide) groups is 1. The first kappa shape index (κ1) is 20.6. The van der Waals surface area contributed by atoms with Crippen molar-refractivity contribution in [2.75, 3.05) is 5.32 Å². The number of nitrogens with zero attached hydrogens (tertiary/aromatic N) is 2. The van der Waals surface area contributed by atoms with E-state index in [2.05, 4.69) is 34.3 Å². The van der Waals surface area contributed by atoms with Crippen molar-refractivity contribution < 1.29 is 9.32 Å². The lowest BCUT2D eigenvalue weighted by Crippen LogP contribution is -2.23. The number of aryl methyl sites for hydroxylation is 2. The average molecular weight is 421 g/mol. The zero-order valence-corrected chi connectivity index (χ0v) is 18.2. The van der Waals surface area contributed by atoms with E-state index in [-0.39, 0.29) is 11.5 Å². The first-order valence-electron chi connectivity index (χ1n) is 9.21. The molecule has 2 N–H and O–H groups in total. The highest BCUT2D eigenvalue weighted by molar-refractivity contribution is 8.00. The van der Waals surface area contributed by atoms with E-state index < -0.39 is 5.25 Å². The van der Waals surface area contributed by atoms with E-state index in [0.29, 0.717) is 28.0 Å². The van der Waals surface area contributed by atoms with Crippen LogP contribution in [-0.2, 0) is 11.2 Å². The van der Waals surface area contributed by atoms with E-state index >= 15 is 0 Å². The number of carbonyl (C=O) groups is 1. The standard InChI is InChI=1S/C19H24N4O3S2/c1-6-9(2)7-13-11(4)27-18-15(13)17(25)21-19(22-18)28-12(5)16(24)20-14-8-10(3)23-26-14/h8-9,12H,6-7H2,1-5H3,(H,20,24)(H,21,22,25). The van der Waals surface area contributed by atoms with Crippen LogP contribution in [0.3, 0.4) is 0 Å². The summed E-state index contributed by atoms with van der Waals surface area (Å²) >= 11 is 2.74. The molecule has 0 saturated heterocycles. The summed E-state index contributed by atoms with van der Waals surface area (Å²) in [5.41, 5.74) is 1.63. The van der Waals surface area contributed by atoms with Gasteiger partial charge in [0.2, 0.25) is 11.8 Å². The summed E-state index contributed by atoms with van der Waals surface area (Å²) in [6.45, 7) is 9.90. The first-order chi connectivity index (χ1) is 13.3. The van der Waals surface area contributed by atoms with Gasteiger partial charge in [-0.15, -0.1) is 11.3 Å². The molecule has 0 bridgehead atoms. The molecule has 28 heavy (non-hydrogen) atoms. The summed E-state index contributed by atoms with van der Waals surface area (Å²) in [5.74, 6) is 0.563. The lowest BCUT2D eigenvalue weighted by Gasteiger charge is -2.10. The maximum atomic E-state index is 12.7. The van der Waals surface area contributed by atoms with Gasteiger partial charge >= 0.3 is 0 Å². The van der Waals surface area contributed by atoms with Gasteiger partial charge in [0.15, 0.2) is 5.16 Å². The summed E-state index contributed by atoms with van der Waals surface area (Å²) in [5, 5.41) is 7.06. The molecule has 3 rings (SSSR count). The number of hydrogen-bond acceptors (Lipinski definition) is 7. The van der Waals surface area contributed by atoms with Gasteiger partial charge in [-0.2, -0.15) is 0 Å². The van der Waals surface area contributed by atoms with Crippen molar-refractivity contribution in [2.45, 2.75) is 57.9 Å². The second kappa shape index (κ2) is 8.48. The third-order valence-corrected chi connectivity index (χ3v) is 6.65. The van der Waals surface area contributed by atoms with Gasteiger partial charge in [-0.25, -0.2) is 4.98 Å². The number of fused-ring (bicyclic) bond motifs is 1. The third-order valence-electron chi connectivity index (χ3n) is 4.62. The third kappa shape index (κ3) is 4.47. The van der Waals surface area contributed by atoms with E-state index in [9.17, 15) is 9.59 Å². The molecule has 0 aliphatic carbocycles. The van der Waals surface area contributed by atoms with Crippen LogP contribution >= 0.6 is 23.1 Å². The number of carbonyl (C=O) groups excluding carboxylic acids is 1. The quantitative estimate of drug-likeness (QED) is 0.437. The number of rotatable bonds is 7. The van der Waals surface area contributed by atoms with E-state index in [1.54, 1.807) is 19.9 Å². The molecule has 3 aromatic heterocycles. The summed E-state index contributed by atoms with van der Waals surface area (Å²) in [6.07, 6.45) is 1.93. The normalized spacial score (nSPS) is 13.6. The SMILES string of the molecule is CCC(C)Cc1c(C)sc2nc(SC(C)C(=O)Nc3cc(C)no3)[nH]c(=O)c12. The highest BCUT2D eigenvalue weighted by Gasteiger charge is 2.20. The van der Waals surface area contributed by atoms with Gasteiger partial charge in [-0.1, -0.05) is 37.2 Å². The monoisotopic (exact) mass is 420 g/mol. The van der Waals surface area contributed by atoms with Crippen LogP contribution in [0.15, 0.2) is 20.5 Å². The first-order valence-corrected chi connectivity index (χ1v) is 10.9. The number of H-pyrrole nitrogens is 1. The molecule has 0 radical (unpaired) electrons. The molecule has 1 amide bonds. The van der Waals surface area contributed by atoms with E-state index in [1.807, 2.05) is 6.92 Å². The molecule has 0 aromatic carbocycles. The number of nitrogens with one attached hydrogen (secondary N) is 2.